The minimum absolute atomic E-state index is 0.0579. The molecule has 0 aliphatic carbocycles. The molecule has 0 amide bonds. The summed E-state index contributed by atoms with van der Waals surface area (Å²) in [5.74, 6) is -4.24. The largest absolute Gasteiger partial charge is 0.462 e. The van der Waals surface area contributed by atoms with Crippen molar-refractivity contribution in [2.45, 2.75) is 38.3 Å². The molecule has 0 N–H and O–H groups in total. The number of benzene rings is 1. The summed E-state index contributed by atoms with van der Waals surface area (Å²) < 4.78 is 37.6. The van der Waals surface area contributed by atoms with Crippen LogP contribution in [-0.4, -0.2) is 35.5 Å². The van der Waals surface area contributed by atoms with Gasteiger partial charge in [-0.1, -0.05) is 17.8 Å². The third-order valence-corrected chi connectivity index (χ3v) is 5.80. The summed E-state index contributed by atoms with van der Waals surface area (Å²) in [6.07, 6.45) is 0. The van der Waals surface area contributed by atoms with E-state index in [9.17, 15) is 23.2 Å². The van der Waals surface area contributed by atoms with Crippen LogP contribution < -0.4 is 5.43 Å². The molecule has 0 aliphatic heterocycles. The molecule has 0 unspecified atom stereocenters. The summed E-state index contributed by atoms with van der Waals surface area (Å²) in [5.41, 5.74) is 0.626. The maximum absolute atomic E-state index is 13.1. The molecular weight excluding hydrogens is 452 g/mol. The van der Waals surface area contributed by atoms with E-state index in [-0.39, 0.29) is 24.3 Å². The number of ether oxygens (including phenoxy) is 2. The van der Waals surface area contributed by atoms with Crippen molar-refractivity contribution in [3.63, 3.8) is 0 Å². The monoisotopic (exact) mass is 475 g/mol. The Balaban J connectivity index is 2.35. The summed E-state index contributed by atoms with van der Waals surface area (Å²) in [6.45, 7) is 6.91. The predicted molar refractivity (Wildman–Crippen MR) is 123 cm³/mol. The molecular formula is C24H23F2NO5S. The molecule has 1 heterocycles. The van der Waals surface area contributed by atoms with Gasteiger partial charge < -0.3 is 14.0 Å². The first-order chi connectivity index (χ1) is 15.7. The van der Waals surface area contributed by atoms with Crippen molar-refractivity contribution >= 4 is 34.5 Å². The van der Waals surface area contributed by atoms with Gasteiger partial charge in [-0.15, -0.1) is 0 Å². The Kier molecular flexibility index (Phi) is 7.53. The number of nitrogens with zero attached hydrogens (tertiary/aromatic N) is 1. The van der Waals surface area contributed by atoms with E-state index in [1.54, 1.807) is 52.0 Å². The van der Waals surface area contributed by atoms with Crippen LogP contribution in [0.2, 0.25) is 0 Å². The first-order valence-electron chi connectivity index (χ1n) is 10.3. The van der Waals surface area contributed by atoms with Crippen LogP contribution in [0.15, 0.2) is 46.1 Å². The van der Waals surface area contributed by atoms with Crippen molar-refractivity contribution in [2.75, 3.05) is 13.2 Å². The van der Waals surface area contributed by atoms with Crippen LogP contribution in [0.4, 0.5) is 8.78 Å². The summed E-state index contributed by atoms with van der Waals surface area (Å²) >= 11 is 0.439. The maximum atomic E-state index is 13.1. The topological polar surface area (TPSA) is 74.6 Å². The van der Waals surface area contributed by atoms with Gasteiger partial charge in [0.25, 0.3) is 5.76 Å². The lowest BCUT2D eigenvalue weighted by Gasteiger charge is -2.11. The van der Waals surface area contributed by atoms with Gasteiger partial charge in [0.05, 0.1) is 13.2 Å². The van der Waals surface area contributed by atoms with E-state index < -0.39 is 23.1 Å². The number of alkyl halides is 2. The molecule has 2 aromatic carbocycles. The zero-order chi connectivity index (χ0) is 24.3. The minimum atomic E-state index is -2.56. The number of carbonyl (C=O) groups is 2. The molecule has 3 rings (SSSR count). The van der Waals surface area contributed by atoms with Crippen molar-refractivity contribution in [3.05, 3.63) is 69.1 Å². The molecule has 6 nitrogen and oxygen atoms in total. The van der Waals surface area contributed by atoms with Gasteiger partial charge in [-0.2, -0.15) is 8.78 Å². The molecule has 3 aromatic rings. The summed E-state index contributed by atoms with van der Waals surface area (Å²) in [7, 11) is 0. The van der Waals surface area contributed by atoms with Crippen molar-refractivity contribution in [1.82, 2.24) is 4.57 Å². The number of esters is 2. The number of halogens is 2. The van der Waals surface area contributed by atoms with E-state index in [2.05, 4.69) is 0 Å². The van der Waals surface area contributed by atoms with Gasteiger partial charge in [0.2, 0.25) is 5.43 Å². The quantitative estimate of drug-likeness (QED) is 0.342. The van der Waals surface area contributed by atoms with Crippen LogP contribution in [-0.2, 0) is 9.47 Å². The van der Waals surface area contributed by atoms with Crippen LogP contribution >= 0.6 is 11.8 Å². The lowest BCUT2D eigenvalue weighted by Crippen LogP contribution is -2.22. The number of rotatable bonds is 7. The Morgan fingerprint density at radius 3 is 1.91 bits per heavy atom. The van der Waals surface area contributed by atoms with E-state index in [1.165, 1.54) is 12.1 Å². The molecule has 1 aromatic heterocycles. The minimum Gasteiger partial charge on any atom is -0.462 e. The fraction of sp³-hybridized carbons (Fsp3) is 0.292. The fourth-order valence-corrected chi connectivity index (χ4v) is 4.27. The Morgan fingerprint density at radius 2 is 1.45 bits per heavy atom. The first-order valence-corrected chi connectivity index (χ1v) is 11.2. The van der Waals surface area contributed by atoms with Crippen molar-refractivity contribution < 1.29 is 27.8 Å². The normalized spacial score (nSPS) is 11.1. The lowest BCUT2D eigenvalue weighted by atomic mass is 10.2. The highest BCUT2D eigenvalue weighted by Gasteiger charge is 2.23. The average molecular weight is 476 g/mol. The van der Waals surface area contributed by atoms with Crippen LogP contribution in [0.25, 0.3) is 16.5 Å². The standard InChI is InChI=1S/C24H23F2NO5S/c1-5-31-22(29)19-11-17-13(3)27(15-8-7-9-16(10-15)33-24(25)26)14(4)18(17)12-20(21(19)28)23(30)32-6-2/h7-12,24H,5-6H2,1-4H3. The van der Waals surface area contributed by atoms with Gasteiger partial charge in [-0.25, -0.2) is 9.59 Å². The first kappa shape index (κ1) is 24.4. The predicted octanol–water partition coefficient (Wildman–Crippen LogP) is 5.28. The van der Waals surface area contributed by atoms with E-state index >= 15 is 0 Å². The molecule has 174 valence electrons. The second-order valence-electron chi connectivity index (χ2n) is 7.10. The molecule has 0 atom stereocenters. The number of hydrogen-bond donors (Lipinski definition) is 0. The molecule has 0 aliphatic rings. The van der Waals surface area contributed by atoms with E-state index in [4.69, 9.17) is 9.47 Å². The second-order valence-corrected chi connectivity index (χ2v) is 8.16. The van der Waals surface area contributed by atoms with Crippen LogP contribution in [0.3, 0.4) is 0 Å². The van der Waals surface area contributed by atoms with E-state index in [1.807, 2.05) is 4.57 Å². The number of aromatic nitrogens is 1. The maximum Gasteiger partial charge on any atom is 0.342 e. The Morgan fingerprint density at radius 1 is 0.939 bits per heavy atom. The molecule has 0 spiro atoms. The zero-order valence-corrected chi connectivity index (χ0v) is 19.4. The third-order valence-electron chi connectivity index (χ3n) is 5.10. The third kappa shape index (κ3) is 4.93. The van der Waals surface area contributed by atoms with Gasteiger partial charge in [0.15, 0.2) is 0 Å². The van der Waals surface area contributed by atoms with Crippen molar-refractivity contribution in [2.24, 2.45) is 0 Å². The summed E-state index contributed by atoms with van der Waals surface area (Å²) in [5, 5.41) is 1.10. The van der Waals surface area contributed by atoms with Crippen molar-refractivity contribution in [3.8, 4) is 5.69 Å². The highest BCUT2D eigenvalue weighted by atomic mass is 32.2. The Hall–Kier alpha value is -3.20. The smallest absolute Gasteiger partial charge is 0.342 e. The van der Waals surface area contributed by atoms with E-state index in [0.29, 0.717) is 44.5 Å². The molecule has 33 heavy (non-hydrogen) atoms. The zero-order valence-electron chi connectivity index (χ0n) is 18.6. The molecule has 0 saturated carbocycles. The molecule has 9 heteroatoms. The van der Waals surface area contributed by atoms with Crippen LogP contribution in [0.1, 0.15) is 46.0 Å². The highest BCUT2D eigenvalue weighted by Crippen LogP contribution is 2.32. The van der Waals surface area contributed by atoms with Crippen LogP contribution in [0.5, 0.6) is 0 Å². The Bertz CT molecular complexity index is 1220. The number of aryl methyl sites for hydroxylation is 2. The fourth-order valence-electron chi connectivity index (χ4n) is 3.72. The summed E-state index contributed by atoms with van der Waals surface area (Å²) in [4.78, 5) is 38.5. The van der Waals surface area contributed by atoms with Crippen molar-refractivity contribution in [1.29, 1.82) is 0 Å². The van der Waals surface area contributed by atoms with Gasteiger partial charge >= 0.3 is 11.9 Å². The van der Waals surface area contributed by atoms with Gasteiger partial charge in [-0.05, 0) is 58.0 Å². The Labute approximate surface area is 193 Å². The summed E-state index contributed by atoms with van der Waals surface area (Å²) in [6, 6.07) is 9.49. The number of thioether (sulfide) groups is 1. The average Bonchev–Trinajstić information content (AvgIpc) is 2.88. The number of carbonyl (C=O) groups excluding carboxylic acids is 2. The number of hydrogen-bond acceptors (Lipinski definition) is 6. The van der Waals surface area contributed by atoms with Crippen LogP contribution in [0, 0.1) is 13.8 Å². The second kappa shape index (κ2) is 10.2. The van der Waals surface area contributed by atoms with Gasteiger partial charge in [-0.3, -0.25) is 4.79 Å². The SMILES string of the molecule is CCOC(=O)c1cc2c(C)n(-c3cccc(SC(F)F)c3)c(C)c2cc(C(=O)OCC)c1=O. The van der Waals surface area contributed by atoms with Gasteiger partial charge in [0, 0.05) is 32.7 Å². The molecule has 0 saturated heterocycles. The van der Waals surface area contributed by atoms with E-state index in [0.717, 1.165) is 0 Å². The highest BCUT2D eigenvalue weighted by molar-refractivity contribution is 7.99. The molecule has 0 fully saturated rings. The molecule has 0 radical (unpaired) electrons. The lowest BCUT2D eigenvalue weighted by molar-refractivity contribution is 0.0523. The van der Waals surface area contributed by atoms with Gasteiger partial charge in [0.1, 0.15) is 11.1 Å². The number of fused-ring (bicyclic) bond motifs is 1. The molecule has 0 bridgehead atoms.